The number of rotatable bonds is 7. The smallest absolute Gasteiger partial charge is 0.306 e. The molecule has 1 heterocycles. The van der Waals surface area contributed by atoms with Crippen molar-refractivity contribution in [1.82, 2.24) is 0 Å². The Morgan fingerprint density at radius 3 is 2.18 bits per heavy atom. The summed E-state index contributed by atoms with van der Waals surface area (Å²) < 4.78 is 14.9. The van der Waals surface area contributed by atoms with E-state index in [1.807, 2.05) is 6.92 Å². The fourth-order valence-electron chi connectivity index (χ4n) is 2.06. The summed E-state index contributed by atoms with van der Waals surface area (Å²) in [7, 11) is 0. The van der Waals surface area contributed by atoms with Gasteiger partial charge in [-0.2, -0.15) is 0 Å². The molecule has 1 saturated heterocycles. The SMILES string of the molecule is CCCC(=O)OC[C@H]1O[C@H](O)[C@H](O)[C@@H](OC(=O)CCC)[C@@H]1O. The molecule has 0 bridgehead atoms. The maximum absolute atomic E-state index is 11.5. The van der Waals surface area contributed by atoms with Crippen LogP contribution in [0.2, 0.25) is 0 Å². The second-order valence-corrected chi connectivity index (χ2v) is 5.18. The third-order valence-electron chi connectivity index (χ3n) is 3.24. The van der Waals surface area contributed by atoms with Crippen molar-refractivity contribution in [3.63, 3.8) is 0 Å². The van der Waals surface area contributed by atoms with E-state index in [0.717, 1.165) is 0 Å². The van der Waals surface area contributed by atoms with Crippen molar-refractivity contribution in [3.8, 4) is 0 Å². The van der Waals surface area contributed by atoms with Crippen LogP contribution in [-0.2, 0) is 23.8 Å². The second-order valence-electron chi connectivity index (χ2n) is 5.18. The molecule has 0 aliphatic carbocycles. The molecule has 8 nitrogen and oxygen atoms in total. The summed E-state index contributed by atoms with van der Waals surface area (Å²) in [5, 5.41) is 29.5. The Bertz CT molecular complexity index is 372. The highest BCUT2D eigenvalue weighted by atomic mass is 16.7. The van der Waals surface area contributed by atoms with Gasteiger partial charge < -0.3 is 29.5 Å². The van der Waals surface area contributed by atoms with Crippen LogP contribution in [-0.4, -0.2) is 64.6 Å². The van der Waals surface area contributed by atoms with Gasteiger partial charge in [-0.25, -0.2) is 0 Å². The van der Waals surface area contributed by atoms with Crippen molar-refractivity contribution in [1.29, 1.82) is 0 Å². The zero-order chi connectivity index (χ0) is 16.7. The van der Waals surface area contributed by atoms with Gasteiger partial charge in [0, 0.05) is 12.8 Å². The van der Waals surface area contributed by atoms with Crippen molar-refractivity contribution in [2.24, 2.45) is 0 Å². The highest BCUT2D eigenvalue weighted by Gasteiger charge is 2.46. The van der Waals surface area contributed by atoms with Gasteiger partial charge >= 0.3 is 11.9 Å². The third kappa shape index (κ3) is 5.20. The molecule has 0 radical (unpaired) electrons. The second kappa shape index (κ2) is 9.04. The summed E-state index contributed by atoms with van der Waals surface area (Å²) in [5.74, 6) is -1.06. The van der Waals surface area contributed by atoms with Crippen molar-refractivity contribution in [2.75, 3.05) is 6.61 Å². The Morgan fingerprint density at radius 2 is 1.59 bits per heavy atom. The van der Waals surface area contributed by atoms with Crippen LogP contribution >= 0.6 is 0 Å². The van der Waals surface area contributed by atoms with E-state index in [2.05, 4.69) is 0 Å². The summed E-state index contributed by atoms with van der Waals surface area (Å²) in [6.45, 7) is 3.30. The number of ether oxygens (including phenoxy) is 3. The number of aliphatic hydroxyl groups excluding tert-OH is 3. The number of aliphatic hydroxyl groups is 3. The molecular formula is C14H24O8. The fourth-order valence-corrected chi connectivity index (χ4v) is 2.06. The average Bonchev–Trinajstić information content (AvgIpc) is 2.46. The zero-order valence-corrected chi connectivity index (χ0v) is 12.8. The lowest BCUT2D eigenvalue weighted by Crippen LogP contribution is -2.60. The van der Waals surface area contributed by atoms with Gasteiger partial charge in [0.2, 0.25) is 0 Å². The summed E-state index contributed by atoms with van der Waals surface area (Å²) in [4.78, 5) is 22.8. The van der Waals surface area contributed by atoms with Gasteiger partial charge in [-0.05, 0) is 12.8 Å². The maximum atomic E-state index is 11.5. The Balaban J connectivity index is 2.64. The van der Waals surface area contributed by atoms with E-state index in [-0.39, 0.29) is 19.4 Å². The van der Waals surface area contributed by atoms with Crippen LogP contribution in [0.1, 0.15) is 39.5 Å². The Hall–Kier alpha value is -1.22. The summed E-state index contributed by atoms with van der Waals surface area (Å²) in [5.41, 5.74) is 0. The van der Waals surface area contributed by atoms with Gasteiger partial charge in [0.15, 0.2) is 12.4 Å². The molecule has 1 aliphatic rings. The molecule has 128 valence electrons. The third-order valence-corrected chi connectivity index (χ3v) is 3.24. The van der Waals surface area contributed by atoms with Crippen molar-refractivity contribution >= 4 is 11.9 Å². The monoisotopic (exact) mass is 320 g/mol. The molecule has 1 fully saturated rings. The molecule has 5 atom stereocenters. The molecule has 0 aromatic carbocycles. The molecule has 0 aromatic heterocycles. The summed E-state index contributed by atoms with van der Waals surface area (Å²) in [6, 6.07) is 0. The van der Waals surface area contributed by atoms with Crippen molar-refractivity contribution in [3.05, 3.63) is 0 Å². The van der Waals surface area contributed by atoms with E-state index in [1.54, 1.807) is 6.92 Å². The Labute approximate surface area is 129 Å². The lowest BCUT2D eigenvalue weighted by Gasteiger charge is -2.39. The van der Waals surface area contributed by atoms with E-state index >= 15 is 0 Å². The summed E-state index contributed by atoms with van der Waals surface area (Å²) in [6.07, 6.45) is -5.52. The molecule has 22 heavy (non-hydrogen) atoms. The molecule has 0 amide bonds. The molecule has 0 spiro atoms. The van der Waals surface area contributed by atoms with Crippen molar-refractivity contribution < 1.29 is 39.1 Å². The highest BCUT2D eigenvalue weighted by molar-refractivity contribution is 5.69. The lowest BCUT2D eigenvalue weighted by molar-refractivity contribution is -0.290. The number of esters is 2. The van der Waals surface area contributed by atoms with E-state index in [1.165, 1.54) is 0 Å². The molecule has 3 N–H and O–H groups in total. The maximum Gasteiger partial charge on any atom is 0.306 e. The van der Waals surface area contributed by atoms with Crippen LogP contribution in [0.3, 0.4) is 0 Å². The first kappa shape index (κ1) is 18.8. The molecule has 0 aromatic rings. The van der Waals surface area contributed by atoms with Crippen LogP contribution in [0, 0.1) is 0 Å². The average molecular weight is 320 g/mol. The number of carbonyl (C=O) groups is 2. The van der Waals surface area contributed by atoms with Crippen LogP contribution in [0.25, 0.3) is 0 Å². The number of hydrogen-bond acceptors (Lipinski definition) is 8. The minimum absolute atomic E-state index is 0.128. The predicted molar refractivity (Wildman–Crippen MR) is 73.5 cm³/mol. The first-order valence-electron chi connectivity index (χ1n) is 7.45. The molecule has 8 heteroatoms. The number of carbonyl (C=O) groups excluding carboxylic acids is 2. The number of hydrogen-bond donors (Lipinski definition) is 3. The topological polar surface area (TPSA) is 123 Å². The fraction of sp³-hybridized carbons (Fsp3) is 0.857. The van der Waals surface area contributed by atoms with E-state index < -0.39 is 42.6 Å². The van der Waals surface area contributed by atoms with Gasteiger partial charge in [-0.1, -0.05) is 13.8 Å². The molecule has 1 aliphatic heterocycles. The first-order chi connectivity index (χ1) is 10.4. The van der Waals surface area contributed by atoms with Crippen LogP contribution in [0.4, 0.5) is 0 Å². The van der Waals surface area contributed by atoms with E-state index in [4.69, 9.17) is 14.2 Å². The Kier molecular flexibility index (Phi) is 7.74. The normalized spacial score (nSPS) is 31.6. The lowest BCUT2D eigenvalue weighted by atomic mass is 9.99. The van der Waals surface area contributed by atoms with Gasteiger partial charge in [0.1, 0.15) is 24.9 Å². The quantitative estimate of drug-likeness (QED) is 0.536. The molecular weight excluding hydrogens is 296 g/mol. The van der Waals surface area contributed by atoms with Crippen LogP contribution < -0.4 is 0 Å². The standard InChI is InChI=1S/C14H24O8/c1-3-5-9(15)20-7-8-11(17)13(12(18)14(19)21-8)22-10(16)6-4-2/h8,11-14,17-19H,3-7H2,1-2H3/t8-,11-,12-,13+,14+/m1/s1. The van der Waals surface area contributed by atoms with E-state index in [9.17, 15) is 24.9 Å². The van der Waals surface area contributed by atoms with Gasteiger partial charge in [0.05, 0.1) is 0 Å². The van der Waals surface area contributed by atoms with Gasteiger partial charge in [-0.15, -0.1) is 0 Å². The largest absolute Gasteiger partial charge is 0.463 e. The van der Waals surface area contributed by atoms with Crippen LogP contribution in [0.5, 0.6) is 0 Å². The van der Waals surface area contributed by atoms with Crippen LogP contribution in [0.15, 0.2) is 0 Å². The predicted octanol–water partition coefficient (Wildman–Crippen LogP) is -0.519. The first-order valence-corrected chi connectivity index (χ1v) is 7.45. The zero-order valence-electron chi connectivity index (χ0n) is 12.8. The summed E-state index contributed by atoms with van der Waals surface area (Å²) >= 11 is 0. The molecule has 0 saturated carbocycles. The molecule has 1 rings (SSSR count). The minimum atomic E-state index is -1.64. The highest BCUT2D eigenvalue weighted by Crippen LogP contribution is 2.23. The Morgan fingerprint density at radius 1 is 1.00 bits per heavy atom. The van der Waals surface area contributed by atoms with E-state index in [0.29, 0.717) is 12.8 Å². The molecule has 0 unspecified atom stereocenters. The van der Waals surface area contributed by atoms with Gasteiger partial charge in [0.25, 0.3) is 0 Å². The minimum Gasteiger partial charge on any atom is -0.463 e. The van der Waals surface area contributed by atoms with Gasteiger partial charge in [-0.3, -0.25) is 9.59 Å². The van der Waals surface area contributed by atoms with Crippen molar-refractivity contribution in [2.45, 2.75) is 70.2 Å².